The van der Waals surface area contributed by atoms with Gasteiger partial charge < -0.3 is 10.2 Å². The smallest absolute Gasteiger partial charge is 0.185 e. The second-order valence-electron chi connectivity index (χ2n) is 5.27. The fourth-order valence-corrected chi connectivity index (χ4v) is 2.50. The molecule has 22 heavy (non-hydrogen) atoms. The molecule has 112 valence electrons. The summed E-state index contributed by atoms with van der Waals surface area (Å²) < 4.78 is 0. The van der Waals surface area contributed by atoms with Crippen LogP contribution >= 0.6 is 0 Å². The lowest BCUT2D eigenvalue weighted by atomic mass is 10.1. The highest BCUT2D eigenvalue weighted by Gasteiger charge is 2.10. The zero-order valence-corrected chi connectivity index (χ0v) is 12.4. The average molecular weight is 293 g/mol. The fraction of sp³-hybridized carbons (Fsp3) is 0.222. The number of rotatable bonds is 4. The minimum absolute atomic E-state index is 0.00992. The molecule has 2 heterocycles. The number of ketones is 1. The molecule has 0 unspecified atom stereocenters. The summed E-state index contributed by atoms with van der Waals surface area (Å²) in [4.78, 5) is 18.5. The monoisotopic (exact) mass is 293 g/mol. The summed E-state index contributed by atoms with van der Waals surface area (Å²) in [6, 6.07) is 11.6. The first kappa shape index (κ1) is 14.5. The molecule has 0 amide bonds. The molecule has 0 saturated carbocycles. The normalized spacial score (nSPS) is 15.2. The van der Waals surface area contributed by atoms with Gasteiger partial charge in [0.15, 0.2) is 5.78 Å². The lowest BCUT2D eigenvalue weighted by Crippen LogP contribution is -2.43. The molecule has 3 rings (SSSR count). The highest BCUT2D eigenvalue weighted by atomic mass is 16.1. The van der Waals surface area contributed by atoms with E-state index in [2.05, 4.69) is 15.2 Å². The van der Waals surface area contributed by atoms with Gasteiger partial charge in [-0.2, -0.15) is 0 Å². The van der Waals surface area contributed by atoms with Gasteiger partial charge in [-0.05, 0) is 48.0 Å². The number of pyridine rings is 1. The molecule has 1 N–H and O–H groups in total. The van der Waals surface area contributed by atoms with E-state index in [0.29, 0.717) is 5.56 Å². The Morgan fingerprint density at radius 1 is 1.14 bits per heavy atom. The standard InChI is InChI=1S/C18H19N3O/c22-18(8-3-15-2-1-9-20-14-15)16-4-6-17(7-5-16)21-12-10-19-11-13-21/h1-9,14,19H,10-13H2/b8-3+. The molecule has 0 spiro atoms. The molecule has 1 aromatic heterocycles. The van der Waals surface area contributed by atoms with Crippen molar-refractivity contribution in [1.29, 1.82) is 0 Å². The van der Waals surface area contributed by atoms with Crippen LogP contribution in [0.3, 0.4) is 0 Å². The van der Waals surface area contributed by atoms with Crippen LogP contribution in [0.1, 0.15) is 15.9 Å². The van der Waals surface area contributed by atoms with Crippen molar-refractivity contribution in [3.63, 3.8) is 0 Å². The number of hydrogen-bond donors (Lipinski definition) is 1. The van der Waals surface area contributed by atoms with E-state index in [-0.39, 0.29) is 5.78 Å². The first-order valence-corrected chi connectivity index (χ1v) is 7.51. The van der Waals surface area contributed by atoms with E-state index in [4.69, 9.17) is 0 Å². The Balaban J connectivity index is 1.67. The molecule has 1 aliphatic heterocycles. The number of nitrogens with zero attached hydrogens (tertiary/aromatic N) is 2. The first-order valence-electron chi connectivity index (χ1n) is 7.51. The Hall–Kier alpha value is -2.46. The summed E-state index contributed by atoms with van der Waals surface area (Å²) >= 11 is 0. The molecule has 1 aromatic carbocycles. The quantitative estimate of drug-likeness (QED) is 0.694. The molecule has 0 aliphatic carbocycles. The fourth-order valence-electron chi connectivity index (χ4n) is 2.50. The van der Waals surface area contributed by atoms with Crippen molar-refractivity contribution in [2.45, 2.75) is 0 Å². The zero-order valence-electron chi connectivity index (χ0n) is 12.4. The van der Waals surface area contributed by atoms with Gasteiger partial charge in [0.2, 0.25) is 0 Å². The summed E-state index contributed by atoms with van der Waals surface area (Å²) in [5, 5.41) is 3.34. The number of carbonyl (C=O) groups is 1. The Kier molecular flexibility index (Phi) is 4.61. The van der Waals surface area contributed by atoms with Crippen LogP contribution in [0.25, 0.3) is 6.08 Å². The molecule has 1 aliphatic rings. The number of aromatic nitrogens is 1. The third-order valence-corrected chi connectivity index (χ3v) is 3.75. The van der Waals surface area contributed by atoms with Gasteiger partial charge in [-0.25, -0.2) is 0 Å². The van der Waals surface area contributed by atoms with Gasteiger partial charge in [-0.3, -0.25) is 9.78 Å². The maximum atomic E-state index is 12.2. The van der Waals surface area contributed by atoms with Crippen LogP contribution in [-0.2, 0) is 0 Å². The van der Waals surface area contributed by atoms with E-state index in [9.17, 15) is 4.79 Å². The molecule has 4 heteroatoms. The van der Waals surface area contributed by atoms with Crippen molar-refractivity contribution >= 4 is 17.5 Å². The van der Waals surface area contributed by atoms with Crippen molar-refractivity contribution < 1.29 is 4.79 Å². The van der Waals surface area contributed by atoms with Gasteiger partial charge in [0.05, 0.1) is 0 Å². The SMILES string of the molecule is O=C(/C=C/c1cccnc1)c1ccc(N2CCNCC2)cc1. The summed E-state index contributed by atoms with van der Waals surface area (Å²) in [6.45, 7) is 4.03. The molecular weight excluding hydrogens is 274 g/mol. The van der Waals surface area contributed by atoms with Gasteiger partial charge in [-0.1, -0.05) is 6.07 Å². The van der Waals surface area contributed by atoms with Crippen molar-refractivity contribution in [2.24, 2.45) is 0 Å². The van der Waals surface area contributed by atoms with Crippen LogP contribution in [0, 0.1) is 0 Å². The highest BCUT2D eigenvalue weighted by Crippen LogP contribution is 2.16. The summed E-state index contributed by atoms with van der Waals surface area (Å²) in [5.74, 6) is 0.00992. The number of hydrogen-bond acceptors (Lipinski definition) is 4. The van der Waals surface area contributed by atoms with Gasteiger partial charge in [0, 0.05) is 49.8 Å². The number of nitrogens with one attached hydrogen (secondary N) is 1. The minimum atomic E-state index is 0.00992. The number of piperazine rings is 1. The first-order chi connectivity index (χ1) is 10.8. The van der Waals surface area contributed by atoms with Crippen LogP contribution in [0.5, 0.6) is 0 Å². The second-order valence-corrected chi connectivity index (χ2v) is 5.27. The van der Waals surface area contributed by atoms with Gasteiger partial charge >= 0.3 is 0 Å². The predicted molar refractivity (Wildman–Crippen MR) is 89.1 cm³/mol. The number of carbonyl (C=O) groups excluding carboxylic acids is 1. The maximum Gasteiger partial charge on any atom is 0.185 e. The van der Waals surface area contributed by atoms with Crippen molar-refractivity contribution in [2.75, 3.05) is 31.1 Å². The third kappa shape index (κ3) is 3.59. The van der Waals surface area contributed by atoms with Crippen LogP contribution in [-0.4, -0.2) is 36.9 Å². The molecule has 1 fully saturated rings. The van der Waals surface area contributed by atoms with E-state index in [1.165, 1.54) is 5.69 Å². The van der Waals surface area contributed by atoms with Crippen molar-refractivity contribution in [3.05, 3.63) is 66.0 Å². The predicted octanol–water partition coefficient (Wildman–Crippen LogP) is 2.39. The third-order valence-electron chi connectivity index (χ3n) is 3.75. The zero-order chi connectivity index (χ0) is 15.2. The van der Waals surface area contributed by atoms with Gasteiger partial charge in [-0.15, -0.1) is 0 Å². The summed E-state index contributed by atoms with van der Waals surface area (Å²) in [5.41, 5.74) is 2.81. The largest absolute Gasteiger partial charge is 0.369 e. The molecule has 0 radical (unpaired) electrons. The molecular formula is C18H19N3O. The van der Waals surface area contributed by atoms with Crippen molar-refractivity contribution in [1.82, 2.24) is 10.3 Å². The maximum absolute atomic E-state index is 12.2. The van der Waals surface area contributed by atoms with Gasteiger partial charge in [0.1, 0.15) is 0 Å². The minimum Gasteiger partial charge on any atom is -0.369 e. The number of benzene rings is 1. The number of anilines is 1. The molecule has 2 aromatic rings. The average Bonchev–Trinajstić information content (AvgIpc) is 2.61. The molecule has 0 bridgehead atoms. The Morgan fingerprint density at radius 3 is 2.59 bits per heavy atom. The van der Waals surface area contributed by atoms with E-state index in [0.717, 1.165) is 31.7 Å². The highest BCUT2D eigenvalue weighted by molar-refractivity contribution is 6.06. The Morgan fingerprint density at radius 2 is 1.91 bits per heavy atom. The van der Waals surface area contributed by atoms with Crippen LogP contribution < -0.4 is 10.2 Å². The van der Waals surface area contributed by atoms with E-state index in [1.807, 2.05) is 36.4 Å². The summed E-state index contributed by atoms with van der Waals surface area (Å²) in [7, 11) is 0. The van der Waals surface area contributed by atoms with Crippen LogP contribution in [0.15, 0.2) is 54.9 Å². The summed E-state index contributed by atoms with van der Waals surface area (Å²) in [6.07, 6.45) is 6.83. The van der Waals surface area contributed by atoms with E-state index >= 15 is 0 Å². The van der Waals surface area contributed by atoms with E-state index < -0.39 is 0 Å². The van der Waals surface area contributed by atoms with E-state index in [1.54, 1.807) is 24.5 Å². The lowest BCUT2D eigenvalue weighted by Gasteiger charge is -2.29. The Labute approximate surface area is 130 Å². The molecule has 4 nitrogen and oxygen atoms in total. The van der Waals surface area contributed by atoms with Crippen molar-refractivity contribution in [3.8, 4) is 0 Å². The lowest BCUT2D eigenvalue weighted by molar-refractivity contribution is 0.104. The number of allylic oxidation sites excluding steroid dienone is 1. The molecule has 0 atom stereocenters. The Bertz CT molecular complexity index is 644. The topological polar surface area (TPSA) is 45.2 Å². The van der Waals surface area contributed by atoms with Gasteiger partial charge in [0.25, 0.3) is 0 Å². The van der Waals surface area contributed by atoms with Crippen LogP contribution in [0.2, 0.25) is 0 Å². The molecule has 1 saturated heterocycles. The van der Waals surface area contributed by atoms with Crippen LogP contribution in [0.4, 0.5) is 5.69 Å². The second kappa shape index (κ2) is 7.00.